The summed E-state index contributed by atoms with van der Waals surface area (Å²) in [4.78, 5) is 16.1. The lowest BCUT2D eigenvalue weighted by Crippen LogP contribution is -2.14. The lowest BCUT2D eigenvalue weighted by atomic mass is 10.0. The van der Waals surface area contributed by atoms with Crippen LogP contribution in [0.4, 0.5) is 11.5 Å². The number of hydrogen-bond donors (Lipinski definition) is 2. The minimum Gasteiger partial charge on any atom is -0.384 e. The first kappa shape index (κ1) is 13.1. The molecule has 0 unspecified atom stereocenters. The monoisotopic (exact) mass is 277 g/mol. The number of carbonyl (C=O) groups is 1. The smallest absolute Gasteiger partial charge is 0.228 e. The second kappa shape index (κ2) is 5.63. The van der Waals surface area contributed by atoms with Crippen LogP contribution >= 0.6 is 0 Å². The van der Waals surface area contributed by atoms with Crippen LogP contribution in [0.15, 0.2) is 60.8 Å². The number of pyridine rings is 1. The zero-order valence-electron chi connectivity index (χ0n) is 11.4. The van der Waals surface area contributed by atoms with Gasteiger partial charge in [0.2, 0.25) is 5.91 Å². The Labute approximate surface area is 122 Å². The van der Waals surface area contributed by atoms with Crippen LogP contribution in [0.2, 0.25) is 0 Å². The van der Waals surface area contributed by atoms with Crippen molar-refractivity contribution in [2.45, 2.75) is 6.42 Å². The number of amides is 1. The number of carbonyl (C=O) groups excluding carboxylic acids is 1. The van der Waals surface area contributed by atoms with E-state index in [1.165, 1.54) is 0 Å². The van der Waals surface area contributed by atoms with Gasteiger partial charge < -0.3 is 11.1 Å². The maximum absolute atomic E-state index is 12.1. The Balaban J connectivity index is 1.79. The van der Waals surface area contributed by atoms with Crippen LogP contribution in [0.25, 0.3) is 10.8 Å². The summed E-state index contributed by atoms with van der Waals surface area (Å²) in [6.07, 6.45) is 1.88. The Hall–Kier alpha value is -2.88. The molecule has 0 bridgehead atoms. The number of benzene rings is 2. The van der Waals surface area contributed by atoms with Crippen molar-refractivity contribution >= 4 is 28.2 Å². The van der Waals surface area contributed by atoms with E-state index in [1.54, 1.807) is 18.3 Å². The van der Waals surface area contributed by atoms with Crippen LogP contribution in [-0.2, 0) is 11.2 Å². The highest BCUT2D eigenvalue weighted by Crippen LogP contribution is 2.19. The second-order valence-corrected chi connectivity index (χ2v) is 4.83. The van der Waals surface area contributed by atoms with Crippen LogP contribution in [-0.4, -0.2) is 10.9 Å². The summed E-state index contributed by atoms with van der Waals surface area (Å²) >= 11 is 0. The van der Waals surface area contributed by atoms with Crippen molar-refractivity contribution in [2.75, 3.05) is 11.1 Å². The summed E-state index contributed by atoms with van der Waals surface area (Å²) < 4.78 is 0. The van der Waals surface area contributed by atoms with Gasteiger partial charge in [0.25, 0.3) is 0 Å². The van der Waals surface area contributed by atoms with E-state index in [9.17, 15) is 4.79 Å². The molecular formula is C17H15N3O. The van der Waals surface area contributed by atoms with Gasteiger partial charge in [0, 0.05) is 0 Å². The molecule has 21 heavy (non-hydrogen) atoms. The molecule has 0 aliphatic heterocycles. The van der Waals surface area contributed by atoms with E-state index in [4.69, 9.17) is 5.73 Å². The SMILES string of the molecule is Nc1ccc(NC(=O)Cc2cccc3ccccc23)cn1. The van der Waals surface area contributed by atoms with Gasteiger partial charge in [0.1, 0.15) is 5.82 Å². The van der Waals surface area contributed by atoms with Gasteiger partial charge in [-0.1, -0.05) is 42.5 Å². The Morgan fingerprint density at radius 3 is 2.67 bits per heavy atom. The first-order valence-corrected chi connectivity index (χ1v) is 6.70. The number of anilines is 2. The van der Waals surface area contributed by atoms with Crippen LogP contribution in [0.3, 0.4) is 0 Å². The first-order valence-electron chi connectivity index (χ1n) is 6.70. The molecule has 0 saturated carbocycles. The fourth-order valence-corrected chi connectivity index (χ4v) is 2.30. The third kappa shape index (κ3) is 3.00. The maximum atomic E-state index is 12.1. The van der Waals surface area contributed by atoms with E-state index >= 15 is 0 Å². The number of rotatable bonds is 3. The summed E-state index contributed by atoms with van der Waals surface area (Å²) in [6, 6.07) is 17.4. The van der Waals surface area contributed by atoms with Gasteiger partial charge in [-0.15, -0.1) is 0 Å². The molecule has 0 saturated heterocycles. The average molecular weight is 277 g/mol. The number of nitrogens with one attached hydrogen (secondary N) is 1. The average Bonchev–Trinajstić information content (AvgIpc) is 2.50. The van der Waals surface area contributed by atoms with Crippen molar-refractivity contribution in [3.63, 3.8) is 0 Å². The molecule has 0 radical (unpaired) electrons. The molecule has 3 aromatic rings. The standard InChI is InChI=1S/C17H15N3O/c18-16-9-8-14(11-19-16)20-17(21)10-13-6-3-5-12-4-1-2-7-15(12)13/h1-9,11H,10H2,(H2,18,19)(H,20,21). The molecule has 0 aliphatic rings. The van der Waals surface area contributed by atoms with E-state index in [0.717, 1.165) is 16.3 Å². The Bertz CT molecular complexity index is 776. The second-order valence-electron chi connectivity index (χ2n) is 4.83. The van der Waals surface area contributed by atoms with E-state index in [-0.39, 0.29) is 5.91 Å². The van der Waals surface area contributed by atoms with Gasteiger partial charge in [0.05, 0.1) is 18.3 Å². The Morgan fingerprint density at radius 2 is 1.86 bits per heavy atom. The van der Waals surface area contributed by atoms with E-state index in [2.05, 4.69) is 10.3 Å². The van der Waals surface area contributed by atoms with Crippen molar-refractivity contribution < 1.29 is 4.79 Å². The lowest BCUT2D eigenvalue weighted by molar-refractivity contribution is -0.115. The normalized spacial score (nSPS) is 10.5. The quantitative estimate of drug-likeness (QED) is 0.773. The van der Waals surface area contributed by atoms with Crippen molar-refractivity contribution in [3.05, 3.63) is 66.4 Å². The molecule has 1 amide bonds. The molecule has 4 heteroatoms. The highest BCUT2D eigenvalue weighted by molar-refractivity contribution is 5.96. The third-order valence-corrected chi connectivity index (χ3v) is 3.30. The zero-order valence-corrected chi connectivity index (χ0v) is 11.4. The minimum atomic E-state index is -0.0714. The minimum absolute atomic E-state index is 0.0714. The van der Waals surface area contributed by atoms with E-state index in [0.29, 0.717) is 17.9 Å². The molecule has 0 spiro atoms. The van der Waals surface area contributed by atoms with E-state index in [1.807, 2.05) is 42.5 Å². The van der Waals surface area contributed by atoms with Gasteiger partial charge in [0.15, 0.2) is 0 Å². The number of nitrogen functional groups attached to an aromatic ring is 1. The molecule has 3 N–H and O–H groups in total. The Kier molecular flexibility index (Phi) is 3.51. The maximum Gasteiger partial charge on any atom is 0.228 e. The first-order chi connectivity index (χ1) is 10.2. The Morgan fingerprint density at radius 1 is 1.05 bits per heavy atom. The summed E-state index contributed by atoms with van der Waals surface area (Å²) in [5.41, 5.74) is 7.18. The lowest BCUT2D eigenvalue weighted by Gasteiger charge is -2.08. The summed E-state index contributed by atoms with van der Waals surface area (Å²) in [7, 11) is 0. The van der Waals surface area contributed by atoms with Crippen LogP contribution in [0, 0.1) is 0 Å². The fraction of sp³-hybridized carbons (Fsp3) is 0.0588. The van der Waals surface area contributed by atoms with E-state index < -0.39 is 0 Å². The van der Waals surface area contributed by atoms with Gasteiger partial charge in [-0.05, 0) is 28.5 Å². The largest absolute Gasteiger partial charge is 0.384 e. The molecule has 2 aromatic carbocycles. The zero-order chi connectivity index (χ0) is 14.7. The van der Waals surface area contributed by atoms with Crippen molar-refractivity contribution in [2.24, 2.45) is 0 Å². The molecule has 0 fully saturated rings. The van der Waals surface area contributed by atoms with Crippen LogP contribution in [0.5, 0.6) is 0 Å². The van der Waals surface area contributed by atoms with Gasteiger partial charge in [-0.2, -0.15) is 0 Å². The number of nitrogens with two attached hydrogens (primary N) is 1. The van der Waals surface area contributed by atoms with Gasteiger partial charge in [-0.3, -0.25) is 4.79 Å². The number of aromatic nitrogens is 1. The summed E-state index contributed by atoms with van der Waals surface area (Å²) in [5, 5.41) is 5.06. The highest BCUT2D eigenvalue weighted by atomic mass is 16.1. The topological polar surface area (TPSA) is 68.0 Å². The molecule has 0 atom stereocenters. The summed E-state index contributed by atoms with van der Waals surface area (Å²) in [5.74, 6) is 0.361. The molecule has 4 nitrogen and oxygen atoms in total. The summed E-state index contributed by atoms with van der Waals surface area (Å²) in [6.45, 7) is 0. The van der Waals surface area contributed by atoms with Crippen LogP contribution < -0.4 is 11.1 Å². The molecule has 1 aromatic heterocycles. The number of fused-ring (bicyclic) bond motifs is 1. The highest BCUT2D eigenvalue weighted by Gasteiger charge is 2.07. The molecular weight excluding hydrogens is 262 g/mol. The van der Waals surface area contributed by atoms with Gasteiger partial charge >= 0.3 is 0 Å². The van der Waals surface area contributed by atoms with Gasteiger partial charge in [-0.25, -0.2) is 4.98 Å². The fourth-order valence-electron chi connectivity index (χ4n) is 2.30. The molecule has 104 valence electrons. The predicted molar refractivity (Wildman–Crippen MR) is 84.9 cm³/mol. The molecule has 3 rings (SSSR count). The molecule has 0 aliphatic carbocycles. The van der Waals surface area contributed by atoms with Crippen molar-refractivity contribution in [1.29, 1.82) is 0 Å². The molecule has 1 heterocycles. The van der Waals surface area contributed by atoms with Crippen molar-refractivity contribution in [1.82, 2.24) is 4.98 Å². The van der Waals surface area contributed by atoms with Crippen molar-refractivity contribution in [3.8, 4) is 0 Å². The number of nitrogens with zero attached hydrogens (tertiary/aromatic N) is 1. The third-order valence-electron chi connectivity index (χ3n) is 3.30. The number of hydrogen-bond acceptors (Lipinski definition) is 3. The predicted octanol–water partition coefficient (Wildman–Crippen LogP) is 3.00. The van der Waals surface area contributed by atoms with Crippen LogP contribution in [0.1, 0.15) is 5.56 Å².